The molecule has 0 N–H and O–H groups in total. The first kappa shape index (κ1) is 21.8. The molecule has 0 amide bonds. The van der Waals surface area contributed by atoms with E-state index in [9.17, 15) is 18.0 Å². The van der Waals surface area contributed by atoms with Crippen molar-refractivity contribution in [1.82, 2.24) is 19.7 Å². The number of hydrogen-bond acceptors (Lipinski definition) is 5. The Bertz CT molecular complexity index is 1490. The lowest BCUT2D eigenvalue weighted by molar-refractivity contribution is -0.143. The predicted molar refractivity (Wildman–Crippen MR) is 118 cm³/mol. The predicted octanol–water partition coefficient (Wildman–Crippen LogP) is 6.04. The summed E-state index contributed by atoms with van der Waals surface area (Å²) >= 11 is 5.92. The van der Waals surface area contributed by atoms with Crippen LogP contribution in [0.1, 0.15) is 27.4 Å². The number of benzene rings is 2. The van der Waals surface area contributed by atoms with E-state index in [-0.39, 0.29) is 23.3 Å². The number of fused-ring (bicyclic) bond motifs is 1. The van der Waals surface area contributed by atoms with Crippen molar-refractivity contribution in [2.24, 2.45) is 0 Å². The third kappa shape index (κ3) is 3.94. The Morgan fingerprint density at radius 3 is 2.41 bits per heavy atom. The first-order valence-electron chi connectivity index (χ1n) is 10.0. The lowest BCUT2D eigenvalue weighted by Gasteiger charge is -2.14. The van der Waals surface area contributed by atoms with Crippen molar-refractivity contribution in [3.63, 3.8) is 0 Å². The van der Waals surface area contributed by atoms with E-state index in [1.165, 1.54) is 24.5 Å². The van der Waals surface area contributed by atoms with Gasteiger partial charge in [0.25, 0.3) is 5.89 Å². The minimum atomic E-state index is -4.83. The Morgan fingerprint density at radius 1 is 1.00 bits per heavy atom. The van der Waals surface area contributed by atoms with Crippen molar-refractivity contribution in [3.05, 3.63) is 101 Å². The molecular formula is C24H14ClF3N4O2. The molecule has 5 rings (SSSR count). The molecule has 34 heavy (non-hydrogen) atoms. The zero-order valence-electron chi connectivity index (χ0n) is 17.3. The van der Waals surface area contributed by atoms with E-state index in [0.717, 1.165) is 4.57 Å². The second-order valence-corrected chi connectivity index (χ2v) is 7.88. The monoisotopic (exact) mass is 482 g/mol. The van der Waals surface area contributed by atoms with Gasteiger partial charge >= 0.3 is 6.18 Å². The Hall–Kier alpha value is -3.98. The number of hydrogen-bond donors (Lipinski definition) is 0. The Kier molecular flexibility index (Phi) is 5.41. The molecule has 0 bridgehead atoms. The van der Waals surface area contributed by atoms with E-state index in [1.807, 2.05) is 0 Å². The second kappa shape index (κ2) is 8.42. The van der Waals surface area contributed by atoms with Crippen LogP contribution >= 0.6 is 11.6 Å². The summed E-state index contributed by atoms with van der Waals surface area (Å²) in [5.41, 5.74) is -0.272. The fourth-order valence-electron chi connectivity index (χ4n) is 3.80. The zero-order chi connectivity index (χ0) is 23.9. The number of carbonyl (C=O) groups excluding carboxylic acids is 1. The molecule has 170 valence electrons. The maximum Gasteiger partial charge on any atom is 0.432 e. The van der Waals surface area contributed by atoms with Gasteiger partial charge < -0.3 is 9.09 Å². The Morgan fingerprint density at radius 2 is 1.71 bits per heavy atom. The molecule has 0 unspecified atom stereocenters. The summed E-state index contributed by atoms with van der Waals surface area (Å²) in [6.45, 7) is -0.117. The lowest BCUT2D eigenvalue weighted by atomic mass is 10.1. The van der Waals surface area contributed by atoms with Gasteiger partial charge in [0.15, 0.2) is 0 Å². The molecule has 0 radical (unpaired) electrons. The number of nitrogens with zero attached hydrogens (tertiary/aromatic N) is 4. The van der Waals surface area contributed by atoms with Crippen LogP contribution in [0.2, 0.25) is 5.02 Å². The van der Waals surface area contributed by atoms with Gasteiger partial charge in [0.05, 0.1) is 5.56 Å². The fraction of sp³-hybridized carbons (Fsp3) is 0.0833. The van der Waals surface area contributed by atoms with E-state index >= 15 is 0 Å². The van der Waals surface area contributed by atoms with Gasteiger partial charge in [-0.15, -0.1) is 0 Å². The number of ketones is 1. The van der Waals surface area contributed by atoms with Gasteiger partial charge in [-0.25, -0.2) is 0 Å². The zero-order valence-corrected chi connectivity index (χ0v) is 18.0. The highest BCUT2D eigenvalue weighted by molar-refractivity contribution is 6.30. The molecule has 3 heterocycles. The minimum absolute atomic E-state index is 0.00390. The van der Waals surface area contributed by atoms with Crippen molar-refractivity contribution in [1.29, 1.82) is 0 Å². The molecular weight excluding hydrogens is 469 g/mol. The third-order valence-corrected chi connectivity index (χ3v) is 5.53. The van der Waals surface area contributed by atoms with Crippen molar-refractivity contribution < 1.29 is 22.5 Å². The molecule has 0 saturated carbocycles. The highest BCUT2D eigenvalue weighted by Crippen LogP contribution is 2.39. The molecule has 5 aromatic rings. The first-order valence-corrected chi connectivity index (χ1v) is 10.4. The molecule has 3 aromatic heterocycles. The Labute approximate surface area is 195 Å². The lowest BCUT2D eigenvalue weighted by Crippen LogP contribution is -2.19. The van der Waals surface area contributed by atoms with Gasteiger partial charge in [0, 0.05) is 40.4 Å². The van der Waals surface area contributed by atoms with E-state index in [2.05, 4.69) is 15.1 Å². The quantitative estimate of drug-likeness (QED) is 0.286. The van der Waals surface area contributed by atoms with Crippen LogP contribution in [-0.4, -0.2) is 25.5 Å². The van der Waals surface area contributed by atoms with Gasteiger partial charge in [-0.3, -0.25) is 9.78 Å². The second-order valence-electron chi connectivity index (χ2n) is 7.44. The van der Waals surface area contributed by atoms with Crippen LogP contribution in [0.5, 0.6) is 0 Å². The maximum absolute atomic E-state index is 14.4. The summed E-state index contributed by atoms with van der Waals surface area (Å²) in [5, 5.41) is 4.26. The molecule has 0 saturated heterocycles. The van der Waals surface area contributed by atoms with Gasteiger partial charge in [-0.2, -0.15) is 18.2 Å². The van der Waals surface area contributed by atoms with E-state index < -0.39 is 29.0 Å². The van der Waals surface area contributed by atoms with Gasteiger partial charge in [0.2, 0.25) is 11.6 Å². The first-order chi connectivity index (χ1) is 16.3. The van der Waals surface area contributed by atoms with Crippen LogP contribution in [0.4, 0.5) is 13.2 Å². The maximum atomic E-state index is 14.4. The highest BCUT2D eigenvalue weighted by Gasteiger charge is 2.42. The van der Waals surface area contributed by atoms with Crippen molar-refractivity contribution in [2.75, 3.05) is 0 Å². The molecule has 0 atom stereocenters. The molecule has 10 heteroatoms. The van der Waals surface area contributed by atoms with E-state index in [4.69, 9.17) is 16.1 Å². The molecule has 0 aliphatic heterocycles. The summed E-state index contributed by atoms with van der Waals surface area (Å²) in [7, 11) is 0. The number of pyridine rings is 1. The third-order valence-electron chi connectivity index (χ3n) is 5.28. The van der Waals surface area contributed by atoms with E-state index in [0.29, 0.717) is 16.1 Å². The van der Waals surface area contributed by atoms with Crippen molar-refractivity contribution in [3.8, 4) is 11.5 Å². The summed E-state index contributed by atoms with van der Waals surface area (Å²) in [4.78, 5) is 21.3. The Balaban J connectivity index is 1.67. The standard InChI is InChI=1S/C24H14ClF3N4O2/c25-16-7-5-14(6-8-16)13-32-18-4-2-1-3-17(18)19(21(32)24(26,27)28)20(33)22-30-23(34-31-22)15-9-11-29-12-10-15/h1-12H,13H2. The number of halogens is 4. The van der Waals surface area contributed by atoms with Crippen LogP contribution in [-0.2, 0) is 12.7 Å². The fourth-order valence-corrected chi connectivity index (χ4v) is 3.93. The summed E-state index contributed by atoms with van der Waals surface area (Å²) in [5.74, 6) is -1.45. The van der Waals surface area contributed by atoms with Gasteiger partial charge in [-0.1, -0.05) is 47.1 Å². The summed E-state index contributed by atoms with van der Waals surface area (Å²) in [6, 6.07) is 15.8. The number of aromatic nitrogens is 4. The smallest absolute Gasteiger partial charge is 0.333 e. The topological polar surface area (TPSA) is 73.8 Å². The van der Waals surface area contributed by atoms with Crippen LogP contribution < -0.4 is 0 Å². The largest absolute Gasteiger partial charge is 0.432 e. The molecule has 0 aliphatic carbocycles. The van der Waals surface area contributed by atoms with Crippen molar-refractivity contribution >= 4 is 28.3 Å². The molecule has 6 nitrogen and oxygen atoms in total. The number of carbonyl (C=O) groups is 1. The number of rotatable bonds is 5. The molecule has 0 aliphatic rings. The average molecular weight is 483 g/mol. The SMILES string of the molecule is O=C(c1noc(-c2ccncc2)n1)c1c(C(F)(F)F)n(Cc2ccc(Cl)cc2)c2ccccc12. The van der Waals surface area contributed by atoms with Crippen LogP contribution in [0.25, 0.3) is 22.4 Å². The van der Waals surface area contributed by atoms with Crippen LogP contribution in [0.3, 0.4) is 0 Å². The van der Waals surface area contributed by atoms with Gasteiger partial charge in [0.1, 0.15) is 5.69 Å². The highest BCUT2D eigenvalue weighted by atomic mass is 35.5. The number of alkyl halides is 3. The minimum Gasteiger partial charge on any atom is -0.333 e. The summed E-state index contributed by atoms with van der Waals surface area (Å²) < 4.78 is 49.4. The van der Waals surface area contributed by atoms with E-state index in [1.54, 1.807) is 48.5 Å². The molecule has 0 spiro atoms. The van der Waals surface area contributed by atoms with Crippen LogP contribution in [0, 0.1) is 0 Å². The molecule has 2 aromatic carbocycles. The normalized spacial score (nSPS) is 11.8. The van der Waals surface area contributed by atoms with Crippen molar-refractivity contribution in [2.45, 2.75) is 12.7 Å². The summed E-state index contributed by atoms with van der Waals surface area (Å²) in [6.07, 6.45) is -1.84. The van der Waals surface area contributed by atoms with Gasteiger partial charge in [-0.05, 0) is 35.9 Å². The number of para-hydroxylation sites is 1. The average Bonchev–Trinajstić information content (AvgIpc) is 3.44. The van der Waals surface area contributed by atoms with Crippen LogP contribution in [0.15, 0.2) is 77.6 Å². The molecule has 0 fully saturated rings.